The van der Waals surface area contributed by atoms with Crippen LogP contribution in [0.15, 0.2) is 18.3 Å². The quantitative estimate of drug-likeness (QED) is 0.222. The zero-order valence-electron chi connectivity index (χ0n) is 14.1. The number of ether oxygens (including phenoxy) is 2. The number of H-pyrrole nitrogens is 1. The Balaban J connectivity index is 2.12. The van der Waals surface area contributed by atoms with Gasteiger partial charge >= 0.3 is 0 Å². The van der Waals surface area contributed by atoms with Gasteiger partial charge in [0, 0.05) is 31.2 Å². The number of fused-ring (bicyclic) bond motifs is 1. The summed E-state index contributed by atoms with van der Waals surface area (Å²) in [6.07, 6.45) is 1.74. The Labute approximate surface area is 153 Å². The fraction of sp³-hybridized carbons (Fsp3) is 0.467. The summed E-state index contributed by atoms with van der Waals surface area (Å²) in [6, 6.07) is 4.92. The molecule has 0 spiro atoms. The van der Waals surface area contributed by atoms with Gasteiger partial charge in [-0.1, -0.05) is 43.4 Å². The average Bonchev–Trinajstić information content (AvgIpc) is 3.00. The number of hydrogen-bond donors (Lipinski definition) is 3. The van der Waals surface area contributed by atoms with Gasteiger partial charge in [-0.25, -0.2) is 5.84 Å². The molecule has 0 saturated heterocycles. The maximum absolute atomic E-state index is 6.44. The summed E-state index contributed by atoms with van der Waals surface area (Å²) in [4.78, 5) is 0. The van der Waals surface area contributed by atoms with Crippen molar-refractivity contribution in [2.45, 2.75) is 37.9 Å². The molecule has 1 heterocycles. The highest BCUT2D eigenvalue weighted by molar-refractivity contribution is 7.80. The Morgan fingerprint density at radius 2 is 2.21 bits per heavy atom. The molecule has 9 heteroatoms. The molecule has 0 aliphatic carbocycles. The van der Waals surface area contributed by atoms with E-state index in [0.29, 0.717) is 13.2 Å². The fourth-order valence-electron chi connectivity index (χ4n) is 2.17. The number of nitrogens with zero attached hydrogens (tertiary/aromatic N) is 1. The number of aromatic nitrogens is 2. The van der Waals surface area contributed by atoms with Crippen molar-refractivity contribution < 1.29 is 9.47 Å². The number of nitrogens with two attached hydrogens (primary N) is 1. The monoisotopic (exact) mass is 386 g/mol. The predicted molar refractivity (Wildman–Crippen MR) is 104 cm³/mol. The largest absolute Gasteiger partial charge is 0.465 e. The van der Waals surface area contributed by atoms with Gasteiger partial charge in [-0.2, -0.15) is 5.10 Å². The van der Waals surface area contributed by atoms with E-state index in [9.17, 15) is 0 Å². The van der Waals surface area contributed by atoms with Gasteiger partial charge in [-0.05, 0) is 18.3 Å². The third kappa shape index (κ3) is 5.15. The number of halogens is 1. The van der Waals surface area contributed by atoms with Crippen LogP contribution in [0.5, 0.6) is 0 Å². The number of benzene rings is 1. The molecule has 0 radical (unpaired) electrons. The highest BCUT2D eigenvalue weighted by atomic mass is 35.5. The number of hydrogen-bond acceptors (Lipinski definition) is 5. The third-order valence-corrected chi connectivity index (χ3v) is 5.88. The normalized spacial score (nSPS) is 13.0. The molecular weight excluding hydrogens is 364 g/mol. The SMILES string of the molecule is C[Si](C)(C)CCOC(Cl)c1ccc(COC(=S)NN)c2cn[nH]c12. The number of thiocarbonyl (C=S) groups is 1. The van der Waals surface area contributed by atoms with Crippen LogP contribution < -0.4 is 11.3 Å². The van der Waals surface area contributed by atoms with Crippen molar-refractivity contribution in [3.63, 3.8) is 0 Å². The molecule has 2 rings (SSSR count). The second-order valence-corrected chi connectivity index (χ2v) is 13.1. The number of alkyl halides is 1. The van der Waals surface area contributed by atoms with Crippen LogP contribution in [0.3, 0.4) is 0 Å². The molecule has 1 aromatic heterocycles. The van der Waals surface area contributed by atoms with Gasteiger partial charge in [-0.15, -0.1) is 0 Å². The highest BCUT2D eigenvalue weighted by Gasteiger charge is 2.18. The topological polar surface area (TPSA) is 85.2 Å². The minimum Gasteiger partial charge on any atom is -0.465 e. The van der Waals surface area contributed by atoms with Crippen molar-refractivity contribution in [3.05, 3.63) is 29.5 Å². The summed E-state index contributed by atoms with van der Waals surface area (Å²) in [5, 5.41) is 8.16. The molecule has 0 aliphatic rings. The molecule has 132 valence electrons. The van der Waals surface area contributed by atoms with E-state index in [2.05, 4.69) is 35.3 Å². The lowest BCUT2D eigenvalue weighted by Crippen LogP contribution is -2.30. The first-order chi connectivity index (χ1) is 11.3. The van der Waals surface area contributed by atoms with E-state index in [1.54, 1.807) is 6.20 Å². The Morgan fingerprint density at radius 1 is 1.46 bits per heavy atom. The van der Waals surface area contributed by atoms with Crippen LogP contribution in [0.1, 0.15) is 16.7 Å². The lowest BCUT2D eigenvalue weighted by molar-refractivity contribution is 0.121. The van der Waals surface area contributed by atoms with Crippen LogP contribution >= 0.6 is 23.8 Å². The molecule has 24 heavy (non-hydrogen) atoms. The molecule has 6 nitrogen and oxygen atoms in total. The lowest BCUT2D eigenvalue weighted by Gasteiger charge is -2.18. The standard InChI is InChI=1S/C15H23ClN4O2SSi/c1-24(2,3)7-6-21-14(16)11-5-4-10(9-22-15(23)19-17)12-8-18-20-13(11)12/h4-5,8,14H,6-7,9,17H2,1-3H3,(H,18,20)(H,19,23). The number of hydrazine groups is 1. The summed E-state index contributed by atoms with van der Waals surface area (Å²) >= 11 is 11.3. The molecule has 0 aliphatic heterocycles. The molecule has 1 atom stereocenters. The molecule has 1 aromatic carbocycles. The molecule has 4 N–H and O–H groups in total. The molecule has 0 amide bonds. The molecule has 0 fully saturated rings. The van der Waals surface area contributed by atoms with E-state index in [1.807, 2.05) is 12.1 Å². The summed E-state index contributed by atoms with van der Waals surface area (Å²) < 4.78 is 11.2. The van der Waals surface area contributed by atoms with Gasteiger partial charge in [0.2, 0.25) is 0 Å². The zero-order chi connectivity index (χ0) is 17.7. The summed E-state index contributed by atoms with van der Waals surface area (Å²) in [7, 11) is -1.15. The molecule has 0 saturated carbocycles. The minimum atomic E-state index is -1.15. The number of aromatic amines is 1. The van der Waals surface area contributed by atoms with Gasteiger partial charge in [0.05, 0.1) is 11.7 Å². The summed E-state index contributed by atoms with van der Waals surface area (Å²) in [6.45, 7) is 7.87. The molecule has 2 aromatic rings. The van der Waals surface area contributed by atoms with Crippen molar-refractivity contribution in [1.82, 2.24) is 15.6 Å². The Morgan fingerprint density at radius 3 is 2.88 bits per heavy atom. The van der Waals surface area contributed by atoms with Crippen molar-refractivity contribution in [2.75, 3.05) is 6.61 Å². The molecule has 1 unspecified atom stereocenters. The van der Waals surface area contributed by atoms with Crippen LogP contribution in [0, 0.1) is 0 Å². The zero-order valence-corrected chi connectivity index (χ0v) is 16.6. The van der Waals surface area contributed by atoms with Crippen LogP contribution in [-0.4, -0.2) is 30.1 Å². The Bertz CT molecular complexity index is 704. The second-order valence-electron chi connectivity index (χ2n) is 6.69. The van der Waals surface area contributed by atoms with Crippen molar-refractivity contribution in [1.29, 1.82) is 0 Å². The van der Waals surface area contributed by atoms with Gasteiger partial charge < -0.3 is 9.47 Å². The van der Waals surface area contributed by atoms with Crippen molar-refractivity contribution in [2.24, 2.45) is 5.84 Å². The first-order valence-electron chi connectivity index (χ1n) is 7.66. The summed E-state index contributed by atoms with van der Waals surface area (Å²) in [5.74, 6) is 5.20. The molecular formula is C15H23ClN4O2SSi. The van der Waals surface area contributed by atoms with E-state index >= 15 is 0 Å². The van der Waals surface area contributed by atoms with E-state index in [4.69, 9.17) is 39.1 Å². The van der Waals surface area contributed by atoms with E-state index in [1.165, 1.54) is 0 Å². The number of rotatable bonds is 7. The van der Waals surface area contributed by atoms with E-state index < -0.39 is 13.6 Å². The van der Waals surface area contributed by atoms with Crippen LogP contribution in [-0.2, 0) is 16.1 Å². The second kappa shape index (κ2) is 8.26. The van der Waals surface area contributed by atoms with Gasteiger partial charge in [0.1, 0.15) is 6.61 Å². The van der Waals surface area contributed by atoms with E-state index in [0.717, 1.165) is 28.1 Å². The lowest BCUT2D eigenvalue weighted by atomic mass is 10.1. The molecule has 0 bridgehead atoms. The minimum absolute atomic E-state index is 0.139. The average molecular weight is 387 g/mol. The van der Waals surface area contributed by atoms with Gasteiger partial charge in [0.15, 0.2) is 5.56 Å². The van der Waals surface area contributed by atoms with Gasteiger partial charge in [-0.3, -0.25) is 10.5 Å². The smallest absolute Gasteiger partial charge is 0.271 e. The maximum atomic E-state index is 6.44. The van der Waals surface area contributed by atoms with Crippen LogP contribution in [0.2, 0.25) is 25.7 Å². The first-order valence-corrected chi connectivity index (χ1v) is 12.2. The van der Waals surface area contributed by atoms with E-state index in [-0.39, 0.29) is 5.17 Å². The van der Waals surface area contributed by atoms with Crippen LogP contribution in [0.4, 0.5) is 0 Å². The first kappa shape index (κ1) is 19.1. The predicted octanol–water partition coefficient (Wildman–Crippen LogP) is 3.42. The Hall–Kier alpha value is -1.19. The number of nitrogens with one attached hydrogen (secondary N) is 2. The third-order valence-electron chi connectivity index (χ3n) is 3.58. The van der Waals surface area contributed by atoms with Crippen LogP contribution in [0.25, 0.3) is 10.9 Å². The van der Waals surface area contributed by atoms with Crippen molar-refractivity contribution in [3.8, 4) is 0 Å². The van der Waals surface area contributed by atoms with Crippen molar-refractivity contribution >= 4 is 48.0 Å². The van der Waals surface area contributed by atoms with Gasteiger partial charge in [0.25, 0.3) is 5.17 Å². The fourth-order valence-corrected chi connectivity index (χ4v) is 3.23. The highest BCUT2D eigenvalue weighted by Crippen LogP contribution is 2.31. The Kier molecular flexibility index (Phi) is 6.59. The maximum Gasteiger partial charge on any atom is 0.271 e. The summed E-state index contributed by atoms with van der Waals surface area (Å²) in [5.41, 5.74) is 4.41.